The lowest BCUT2D eigenvalue weighted by Gasteiger charge is -2.40. The summed E-state index contributed by atoms with van der Waals surface area (Å²) in [5.74, 6) is 1.13. The molecule has 1 saturated heterocycles. The number of phenols is 1. The van der Waals surface area contributed by atoms with Gasteiger partial charge in [0.15, 0.2) is 0 Å². The van der Waals surface area contributed by atoms with Gasteiger partial charge >= 0.3 is 0 Å². The molecule has 1 fully saturated rings. The molecule has 2 atom stereocenters. The quantitative estimate of drug-likeness (QED) is 0.748. The van der Waals surface area contributed by atoms with E-state index in [1.54, 1.807) is 6.07 Å². The number of rotatable bonds is 5. The highest BCUT2D eigenvalue weighted by Gasteiger charge is 2.29. The van der Waals surface area contributed by atoms with E-state index in [0.717, 1.165) is 42.1 Å². The number of halogens is 2. The molecular formula is C22H30ClFN2O2. The summed E-state index contributed by atoms with van der Waals surface area (Å²) in [5.41, 5.74) is 2.88. The second-order valence-electron chi connectivity index (χ2n) is 7.56. The summed E-state index contributed by atoms with van der Waals surface area (Å²) in [6.45, 7) is 10.6. The van der Waals surface area contributed by atoms with Crippen molar-refractivity contribution in [3.05, 3.63) is 58.9 Å². The number of piperazine rings is 1. The van der Waals surface area contributed by atoms with Crippen LogP contribution in [0.2, 0.25) is 0 Å². The Morgan fingerprint density at radius 3 is 2.50 bits per heavy atom. The van der Waals surface area contributed by atoms with Crippen LogP contribution in [0.25, 0.3) is 0 Å². The summed E-state index contributed by atoms with van der Waals surface area (Å²) in [5, 5.41) is 13.5. The Bertz CT molecular complexity index is 783. The van der Waals surface area contributed by atoms with Crippen LogP contribution in [0.5, 0.6) is 11.5 Å². The zero-order valence-electron chi connectivity index (χ0n) is 16.9. The van der Waals surface area contributed by atoms with Crippen LogP contribution < -0.4 is 10.1 Å². The predicted octanol–water partition coefficient (Wildman–Crippen LogP) is 4.76. The Morgan fingerprint density at radius 2 is 1.86 bits per heavy atom. The predicted molar refractivity (Wildman–Crippen MR) is 113 cm³/mol. The summed E-state index contributed by atoms with van der Waals surface area (Å²) < 4.78 is 19.7. The number of hydrogen-bond donors (Lipinski definition) is 2. The summed E-state index contributed by atoms with van der Waals surface area (Å²) in [7, 11) is 0. The number of aromatic hydroxyl groups is 1. The van der Waals surface area contributed by atoms with Gasteiger partial charge in [-0.2, -0.15) is 0 Å². The number of ether oxygens (including phenoxy) is 1. The highest BCUT2D eigenvalue weighted by molar-refractivity contribution is 5.85. The van der Waals surface area contributed by atoms with Crippen LogP contribution in [-0.2, 0) is 0 Å². The van der Waals surface area contributed by atoms with E-state index in [-0.39, 0.29) is 36.4 Å². The Morgan fingerprint density at radius 1 is 1.18 bits per heavy atom. The van der Waals surface area contributed by atoms with Gasteiger partial charge in [-0.05, 0) is 55.2 Å². The van der Waals surface area contributed by atoms with Crippen molar-refractivity contribution in [3.8, 4) is 11.5 Å². The second kappa shape index (κ2) is 9.59. The molecular weight excluding hydrogens is 379 g/mol. The van der Waals surface area contributed by atoms with Crippen LogP contribution in [0.1, 0.15) is 49.4 Å². The third-order valence-electron chi connectivity index (χ3n) is 5.25. The Kier molecular flexibility index (Phi) is 7.70. The lowest BCUT2D eigenvalue weighted by molar-refractivity contribution is -0.00644. The number of nitrogens with zero attached hydrogens (tertiary/aromatic N) is 1. The molecule has 0 aromatic heterocycles. The minimum Gasteiger partial charge on any atom is -0.508 e. The molecule has 0 saturated carbocycles. The molecule has 28 heavy (non-hydrogen) atoms. The highest BCUT2D eigenvalue weighted by Crippen LogP contribution is 2.34. The van der Waals surface area contributed by atoms with Crippen LogP contribution >= 0.6 is 12.4 Å². The largest absolute Gasteiger partial charge is 0.508 e. The van der Waals surface area contributed by atoms with Crippen LogP contribution in [0, 0.1) is 12.7 Å². The first-order chi connectivity index (χ1) is 12.9. The molecule has 0 bridgehead atoms. The lowest BCUT2D eigenvalue weighted by atomic mass is 9.99. The van der Waals surface area contributed by atoms with Gasteiger partial charge in [0.05, 0.1) is 6.04 Å². The van der Waals surface area contributed by atoms with Crippen molar-refractivity contribution in [2.45, 2.75) is 45.9 Å². The third kappa shape index (κ3) is 4.96. The molecule has 1 aliphatic rings. The highest BCUT2D eigenvalue weighted by atomic mass is 35.5. The summed E-state index contributed by atoms with van der Waals surface area (Å²) in [4.78, 5) is 2.30. The first-order valence-corrected chi connectivity index (χ1v) is 9.59. The topological polar surface area (TPSA) is 44.7 Å². The van der Waals surface area contributed by atoms with Crippen molar-refractivity contribution in [1.29, 1.82) is 0 Å². The van der Waals surface area contributed by atoms with Crippen LogP contribution in [0.15, 0.2) is 36.4 Å². The molecule has 0 spiro atoms. The molecule has 0 amide bonds. The van der Waals surface area contributed by atoms with E-state index in [9.17, 15) is 9.50 Å². The maximum atomic E-state index is 13.3. The molecule has 1 aliphatic heterocycles. The normalized spacial score (nSPS) is 18.6. The second-order valence-corrected chi connectivity index (χ2v) is 7.56. The van der Waals surface area contributed by atoms with Gasteiger partial charge in [0, 0.05) is 25.2 Å². The van der Waals surface area contributed by atoms with E-state index in [1.807, 2.05) is 32.0 Å². The van der Waals surface area contributed by atoms with E-state index in [0.29, 0.717) is 5.75 Å². The molecule has 0 radical (unpaired) electrons. The molecule has 4 nitrogen and oxygen atoms in total. The molecule has 2 N–H and O–H groups in total. The van der Waals surface area contributed by atoms with Crippen molar-refractivity contribution in [2.24, 2.45) is 0 Å². The van der Waals surface area contributed by atoms with Crippen molar-refractivity contribution in [2.75, 3.05) is 19.6 Å². The third-order valence-corrected chi connectivity index (χ3v) is 5.25. The molecule has 154 valence electrons. The van der Waals surface area contributed by atoms with Crippen molar-refractivity contribution in [1.82, 2.24) is 10.2 Å². The zero-order valence-corrected chi connectivity index (χ0v) is 17.7. The van der Waals surface area contributed by atoms with Gasteiger partial charge < -0.3 is 15.2 Å². The number of phenolic OH excluding ortho intramolecular Hbond substituents is 1. The first kappa shape index (κ1) is 22.5. The van der Waals surface area contributed by atoms with Gasteiger partial charge in [-0.1, -0.05) is 26.0 Å². The average molecular weight is 409 g/mol. The van der Waals surface area contributed by atoms with Crippen molar-refractivity contribution < 1.29 is 14.2 Å². The summed E-state index contributed by atoms with van der Waals surface area (Å²) >= 11 is 0. The average Bonchev–Trinajstić information content (AvgIpc) is 2.65. The van der Waals surface area contributed by atoms with E-state index in [4.69, 9.17) is 4.74 Å². The SMILES string of the molecule is Cc1cc(OC(C)N2CCNCC2c2ccc(F)cc2)c(C(C)C)cc1O.Cl. The van der Waals surface area contributed by atoms with Gasteiger partial charge in [-0.25, -0.2) is 4.39 Å². The van der Waals surface area contributed by atoms with Crippen LogP contribution in [0.3, 0.4) is 0 Å². The van der Waals surface area contributed by atoms with Crippen LogP contribution in [-0.4, -0.2) is 35.9 Å². The standard InChI is InChI=1S/C22H29FN2O2.ClH/c1-14(2)19-12-21(26)15(3)11-22(19)27-16(4)25-10-9-24-13-20(25)17-5-7-18(23)8-6-17;/h5-8,11-12,14,16,20,24,26H,9-10,13H2,1-4H3;1H. The molecule has 2 unspecified atom stereocenters. The maximum Gasteiger partial charge on any atom is 0.150 e. The molecule has 3 rings (SSSR count). The van der Waals surface area contributed by atoms with Gasteiger partial charge in [0.25, 0.3) is 0 Å². The van der Waals surface area contributed by atoms with E-state index < -0.39 is 0 Å². The number of nitrogens with one attached hydrogen (secondary N) is 1. The molecule has 6 heteroatoms. The van der Waals surface area contributed by atoms with E-state index in [1.165, 1.54) is 12.1 Å². The fraction of sp³-hybridized carbons (Fsp3) is 0.455. The lowest BCUT2D eigenvalue weighted by Crippen LogP contribution is -2.51. The monoisotopic (exact) mass is 408 g/mol. The maximum absolute atomic E-state index is 13.3. The van der Waals surface area contributed by atoms with Gasteiger partial charge in [0.1, 0.15) is 23.5 Å². The summed E-state index contributed by atoms with van der Waals surface area (Å²) in [6, 6.07) is 10.5. The van der Waals surface area contributed by atoms with Crippen molar-refractivity contribution in [3.63, 3.8) is 0 Å². The Labute approximate surface area is 173 Å². The molecule has 0 aliphatic carbocycles. The number of hydrogen-bond acceptors (Lipinski definition) is 4. The number of aryl methyl sites for hydroxylation is 1. The minimum atomic E-state index is -0.223. The van der Waals surface area contributed by atoms with E-state index >= 15 is 0 Å². The molecule has 2 aromatic carbocycles. The zero-order chi connectivity index (χ0) is 19.6. The van der Waals surface area contributed by atoms with Gasteiger partial charge in [-0.15, -0.1) is 12.4 Å². The van der Waals surface area contributed by atoms with Crippen molar-refractivity contribution >= 4 is 12.4 Å². The van der Waals surface area contributed by atoms with E-state index in [2.05, 4.69) is 24.1 Å². The fourth-order valence-corrected chi connectivity index (χ4v) is 3.64. The van der Waals surface area contributed by atoms with Gasteiger partial charge in [-0.3, -0.25) is 4.90 Å². The Hall–Kier alpha value is -1.82. The first-order valence-electron chi connectivity index (χ1n) is 9.59. The molecule has 2 aromatic rings. The molecule has 1 heterocycles. The minimum absolute atomic E-state index is 0. The fourth-order valence-electron chi connectivity index (χ4n) is 3.64. The smallest absolute Gasteiger partial charge is 0.150 e. The van der Waals surface area contributed by atoms with Gasteiger partial charge in [0.2, 0.25) is 0 Å². The van der Waals surface area contributed by atoms with Crippen LogP contribution in [0.4, 0.5) is 4.39 Å². The number of benzene rings is 2. The Balaban J connectivity index is 0.00000280. The summed E-state index contributed by atoms with van der Waals surface area (Å²) in [6.07, 6.45) is -0.149.